The van der Waals surface area contributed by atoms with Gasteiger partial charge in [0.2, 0.25) is 5.88 Å². The van der Waals surface area contributed by atoms with E-state index < -0.39 is 11.6 Å². The molecule has 0 spiro atoms. The van der Waals surface area contributed by atoms with Crippen molar-refractivity contribution in [2.45, 2.75) is 59.3 Å². The highest BCUT2D eigenvalue weighted by Gasteiger charge is 2.47. The standard InChI is InChI=1S/C23H27N3O4/c1-6-23(5)20(27)26(21(28)25-23)15-8-10-18(24-12-15)30-16-9-7-14-13-29-19(17(14)11-16)22(2,3)4/h7-12,19H,6,13H2,1-5H3,(H,25,28)/t19-,23-/m1/s1. The number of urea groups is 1. The van der Waals surface area contributed by atoms with E-state index in [0.717, 1.165) is 10.5 Å². The van der Waals surface area contributed by atoms with E-state index in [4.69, 9.17) is 9.47 Å². The van der Waals surface area contributed by atoms with Crippen molar-refractivity contribution in [3.63, 3.8) is 0 Å². The smallest absolute Gasteiger partial charge is 0.329 e. The molecule has 1 saturated heterocycles. The van der Waals surface area contributed by atoms with Gasteiger partial charge >= 0.3 is 6.03 Å². The summed E-state index contributed by atoms with van der Waals surface area (Å²) in [4.78, 5) is 30.3. The highest BCUT2D eigenvalue weighted by atomic mass is 16.5. The van der Waals surface area contributed by atoms with Gasteiger partial charge in [-0.05, 0) is 48.1 Å². The summed E-state index contributed by atoms with van der Waals surface area (Å²) >= 11 is 0. The Bertz CT molecular complexity index is 996. The maximum atomic E-state index is 12.6. The molecule has 3 amide bonds. The molecular formula is C23H27N3O4. The lowest BCUT2D eigenvalue weighted by Gasteiger charge is -2.27. The first-order chi connectivity index (χ1) is 14.1. The van der Waals surface area contributed by atoms with Crippen molar-refractivity contribution >= 4 is 17.6 Å². The van der Waals surface area contributed by atoms with Crippen LogP contribution in [0.3, 0.4) is 0 Å². The summed E-state index contributed by atoms with van der Waals surface area (Å²) < 4.78 is 11.9. The van der Waals surface area contributed by atoms with E-state index in [0.29, 0.717) is 30.3 Å². The van der Waals surface area contributed by atoms with Crippen LogP contribution >= 0.6 is 0 Å². The average molecular weight is 409 g/mol. The Morgan fingerprint density at radius 1 is 1.27 bits per heavy atom. The number of anilines is 1. The van der Waals surface area contributed by atoms with Gasteiger partial charge in [0.05, 0.1) is 24.6 Å². The summed E-state index contributed by atoms with van der Waals surface area (Å²) in [5, 5.41) is 2.74. The van der Waals surface area contributed by atoms with E-state index in [1.807, 2.05) is 25.1 Å². The van der Waals surface area contributed by atoms with E-state index in [2.05, 4.69) is 31.1 Å². The maximum absolute atomic E-state index is 12.6. The number of amides is 3. The lowest BCUT2D eigenvalue weighted by atomic mass is 9.84. The zero-order valence-corrected chi connectivity index (χ0v) is 18.0. The molecule has 1 aromatic heterocycles. The van der Waals surface area contributed by atoms with Crippen LogP contribution in [0.25, 0.3) is 0 Å². The van der Waals surface area contributed by atoms with Gasteiger partial charge in [0.1, 0.15) is 11.3 Å². The van der Waals surface area contributed by atoms with Gasteiger partial charge in [0.15, 0.2) is 0 Å². The van der Waals surface area contributed by atoms with Crippen LogP contribution in [0.1, 0.15) is 58.3 Å². The van der Waals surface area contributed by atoms with Crippen LogP contribution in [0.15, 0.2) is 36.5 Å². The molecular weight excluding hydrogens is 382 g/mol. The number of carbonyl (C=O) groups excluding carboxylic acids is 2. The van der Waals surface area contributed by atoms with Crippen LogP contribution in [-0.2, 0) is 16.1 Å². The molecule has 7 nitrogen and oxygen atoms in total. The first-order valence-electron chi connectivity index (χ1n) is 10.2. The molecule has 3 heterocycles. The quantitative estimate of drug-likeness (QED) is 0.739. The third-order valence-corrected chi connectivity index (χ3v) is 5.76. The minimum Gasteiger partial charge on any atom is -0.439 e. The molecule has 1 N–H and O–H groups in total. The topological polar surface area (TPSA) is 80.8 Å². The summed E-state index contributed by atoms with van der Waals surface area (Å²) in [6.45, 7) is 10.6. The second-order valence-corrected chi connectivity index (χ2v) is 9.13. The zero-order chi connectivity index (χ0) is 21.7. The molecule has 30 heavy (non-hydrogen) atoms. The number of rotatable bonds is 4. The number of hydrogen-bond acceptors (Lipinski definition) is 5. The molecule has 0 saturated carbocycles. The number of carbonyl (C=O) groups is 2. The van der Waals surface area contributed by atoms with Crippen molar-refractivity contribution in [1.29, 1.82) is 0 Å². The lowest BCUT2D eigenvalue weighted by Crippen LogP contribution is -2.43. The number of benzene rings is 1. The fourth-order valence-corrected chi connectivity index (χ4v) is 3.84. The lowest BCUT2D eigenvalue weighted by molar-refractivity contribution is -0.121. The Hall–Kier alpha value is -2.93. The van der Waals surface area contributed by atoms with Crippen LogP contribution in [0, 0.1) is 5.41 Å². The summed E-state index contributed by atoms with van der Waals surface area (Å²) in [5.41, 5.74) is 1.82. The summed E-state index contributed by atoms with van der Waals surface area (Å²) in [7, 11) is 0. The van der Waals surface area contributed by atoms with Crippen LogP contribution in [-0.4, -0.2) is 22.5 Å². The van der Waals surface area contributed by atoms with Gasteiger partial charge in [-0.25, -0.2) is 14.7 Å². The molecule has 0 radical (unpaired) electrons. The van der Waals surface area contributed by atoms with Gasteiger partial charge in [0.25, 0.3) is 5.91 Å². The van der Waals surface area contributed by atoms with Gasteiger partial charge in [0, 0.05) is 6.07 Å². The predicted octanol–water partition coefficient (Wildman–Crippen LogP) is 4.72. The number of nitrogens with one attached hydrogen (secondary N) is 1. The fourth-order valence-electron chi connectivity index (χ4n) is 3.84. The molecule has 7 heteroatoms. The van der Waals surface area contributed by atoms with Crippen LogP contribution in [0.5, 0.6) is 11.6 Å². The minimum atomic E-state index is -0.887. The molecule has 1 aromatic carbocycles. The summed E-state index contributed by atoms with van der Waals surface area (Å²) in [5.74, 6) is 0.773. The number of fused-ring (bicyclic) bond motifs is 1. The summed E-state index contributed by atoms with van der Waals surface area (Å²) in [6.07, 6.45) is 2.00. The molecule has 2 aliphatic rings. The van der Waals surface area contributed by atoms with Gasteiger partial charge in [-0.1, -0.05) is 33.8 Å². The molecule has 4 rings (SSSR count). The third kappa shape index (κ3) is 3.43. The molecule has 1 fully saturated rings. The van der Waals surface area contributed by atoms with Crippen LogP contribution in [0.2, 0.25) is 0 Å². The van der Waals surface area contributed by atoms with E-state index in [1.54, 1.807) is 19.1 Å². The number of aromatic nitrogens is 1. The Morgan fingerprint density at radius 3 is 2.63 bits per heavy atom. The number of hydrogen-bond donors (Lipinski definition) is 1. The van der Waals surface area contributed by atoms with Gasteiger partial charge in [-0.3, -0.25) is 4.79 Å². The zero-order valence-electron chi connectivity index (χ0n) is 18.0. The first kappa shape index (κ1) is 20.3. The Kier molecular flexibility index (Phi) is 4.81. The van der Waals surface area contributed by atoms with Crippen molar-refractivity contribution in [1.82, 2.24) is 10.3 Å². The second-order valence-electron chi connectivity index (χ2n) is 9.13. The SMILES string of the molecule is CC[C@@]1(C)NC(=O)N(c2ccc(Oc3ccc4c(c3)[C@H](C(C)(C)C)OC4)nc2)C1=O. The number of ether oxygens (including phenoxy) is 2. The Morgan fingerprint density at radius 2 is 2.03 bits per heavy atom. The van der Waals surface area contributed by atoms with Crippen molar-refractivity contribution in [3.8, 4) is 11.6 Å². The van der Waals surface area contributed by atoms with E-state index in [-0.39, 0.29) is 17.4 Å². The molecule has 2 aromatic rings. The van der Waals surface area contributed by atoms with Crippen molar-refractivity contribution in [2.75, 3.05) is 4.90 Å². The highest BCUT2D eigenvalue weighted by Crippen LogP contribution is 2.44. The average Bonchev–Trinajstić information content (AvgIpc) is 3.21. The molecule has 2 aliphatic heterocycles. The molecule has 0 bridgehead atoms. The van der Waals surface area contributed by atoms with Crippen molar-refractivity contribution in [3.05, 3.63) is 47.7 Å². The molecule has 0 unspecified atom stereocenters. The minimum absolute atomic E-state index is 0.0129. The summed E-state index contributed by atoms with van der Waals surface area (Å²) in [6, 6.07) is 8.79. The Labute approximate surface area is 176 Å². The monoisotopic (exact) mass is 409 g/mol. The van der Waals surface area contributed by atoms with Gasteiger partial charge in [-0.15, -0.1) is 0 Å². The van der Waals surface area contributed by atoms with Crippen LogP contribution in [0.4, 0.5) is 10.5 Å². The van der Waals surface area contributed by atoms with E-state index in [1.165, 1.54) is 11.8 Å². The highest BCUT2D eigenvalue weighted by molar-refractivity contribution is 6.23. The predicted molar refractivity (Wildman–Crippen MR) is 112 cm³/mol. The first-order valence-corrected chi connectivity index (χ1v) is 10.2. The molecule has 0 aliphatic carbocycles. The van der Waals surface area contributed by atoms with E-state index in [9.17, 15) is 9.59 Å². The Balaban J connectivity index is 1.53. The van der Waals surface area contributed by atoms with Gasteiger partial charge < -0.3 is 14.8 Å². The number of imide groups is 1. The number of pyridine rings is 1. The van der Waals surface area contributed by atoms with Crippen LogP contribution < -0.4 is 15.0 Å². The van der Waals surface area contributed by atoms with E-state index >= 15 is 0 Å². The fraction of sp³-hybridized carbons (Fsp3) is 0.435. The second kappa shape index (κ2) is 7.09. The maximum Gasteiger partial charge on any atom is 0.329 e. The normalized spacial score (nSPS) is 23.5. The third-order valence-electron chi connectivity index (χ3n) is 5.76. The molecule has 2 atom stereocenters. The van der Waals surface area contributed by atoms with Crippen molar-refractivity contribution < 1.29 is 19.1 Å². The van der Waals surface area contributed by atoms with Crippen molar-refractivity contribution in [2.24, 2.45) is 5.41 Å². The largest absolute Gasteiger partial charge is 0.439 e. The van der Waals surface area contributed by atoms with Gasteiger partial charge in [-0.2, -0.15) is 0 Å². The number of nitrogens with zero attached hydrogens (tertiary/aromatic N) is 2. The molecule has 158 valence electrons.